The van der Waals surface area contributed by atoms with E-state index in [1.165, 1.54) is 6.92 Å². The van der Waals surface area contributed by atoms with E-state index in [9.17, 15) is 14.7 Å². The Hall–Kier alpha value is -2.81. The maximum atomic E-state index is 12.7. The van der Waals surface area contributed by atoms with Crippen molar-refractivity contribution in [3.8, 4) is 0 Å². The summed E-state index contributed by atoms with van der Waals surface area (Å²) in [5.41, 5.74) is 1.88. The number of fused-ring (bicyclic) bond motifs is 1. The lowest BCUT2D eigenvalue weighted by Crippen LogP contribution is -2.18. The van der Waals surface area contributed by atoms with Gasteiger partial charge in [0.05, 0.1) is 17.9 Å². The molecule has 0 saturated heterocycles. The number of aliphatic hydroxyl groups excluding tert-OH is 1. The van der Waals surface area contributed by atoms with Crippen LogP contribution in [0.2, 0.25) is 0 Å². The molecule has 2 aromatic rings. The number of amides is 1. The second-order valence-corrected chi connectivity index (χ2v) is 7.07. The van der Waals surface area contributed by atoms with Gasteiger partial charge in [-0.05, 0) is 48.6 Å². The minimum atomic E-state index is -0.679. The van der Waals surface area contributed by atoms with E-state index in [1.54, 1.807) is 43.3 Å². The first kappa shape index (κ1) is 19.9. The number of halogens is 1. The van der Waals surface area contributed by atoms with Gasteiger partial charge in [-0.2, -0.15) is 4.99 Å². The molecule has 1 heterocycles. The molecule has 6 nitrogen and oxygen atoms in total. The maximum Gasteiger partial charge on any atom is 0.343 e. The van der Waals surface area contributed by atoms with Crippen LogP contribution in [0.25, 0.3) is 0 Å². The highest BCUT2D eigenvalue weighted by atomic mass is 127. The molecule has 1 aliphatic rings. The molecule has 142 valence electrons. The number of ether oxygens (including phenoxy) is 1. The predicted molar refractivity (Wildman–Crippen MR) is 115 cm³/mol. The molecule has 0 fully saturated rings. The van der Waals surface area contributed by atoms with Crippen molar-refractivity contribution in [1.82, 2.24) is 0 Å². The number of hydrogen-bond acceptors (Lipinski definition) is 4. The van der Waals surface area contributed by atoms with Gasteiger partial charge in [0.25, 0.3) is 5.91 Å². The van der Waals surface area contributed by atoms with Crippen molar-refractivity contribution in [2.24, 2.45) is 9.98 Å². The average molecular weight is 488 g/mol. The van der Waals surface area contributed by atoms with Crippen LogP contribution in [0.5, 0.6) is 0 Å². The largest absolute Gasteiger partial charge is 0.512 e. The maximum absolute atomic E-state index is 12.7. The van der Waals surface area contributed by atoms with Crippen molar-refractivity contribution < 1.29 is 19.4 Å². The zero-order valence-corrected chi connectivity index (χ0v) is 17.4. The van der Waals surface area contributed by atoms with Gasteiger partial charge in [-0.25, -0.2) is 9.79 Å². The number of rotatable bonds is 4. The Morgan fingerprint density at radius 1 is 1.11 bits per heavy atom. The predicted octanol–water partition coefficient (Wildman–Crippen LogP) is 4.08. The second-order valence-electron chi connectivity index (χ2n) is 5.91. The number of carbonyl (C=O) groups is 2. The number of aliphatic hydroxyl groups is 1. The van der Waals surface area contributed by atoms with Crippen molar-refractivity contribution in [1.29, 1.82) is 0 Å². The number of aliphatic imine (C=N–C) groups is 2. The van der Waals surface area contributed by atoms with Crippen molar-refractivity contribution in [3.63, 3.8) is 0 Å². The standard InChI is InChI=1S/C21H17IN2O4/c1-3-28-21(27)17(12(2)25)18-13-8-4-5-9-14(13)19(23-18)24-20(26)15-10-6-7-11-16(15)22/h4-11,25H,3H2,1-2H3. The molecule has 1 N–H and O–H groups in total. The number of hydrogen-bond donors (Lipinski definition) is 1. The number of benzene rings is 2. The lowest BCUT2D eigenvalue weighted by atomic mass is 9.99. The summed E-state index contributed by atoms with van der Waals surface area (Å²) in [6, 6.07) is 14.2. The summed E-state index contributed by atoms with van der Waals surface area (Å²) in [6.45, 7) is 3.24. The highest BCUT2D eigenvalue weighted by Gasteiger charge is 2.30. The van der Waals surface area contributed by atoms with Crippen LogP contribution in [-0.4, -0.2) is 35.1 Å². The molecule has 3 rings (SSSR count). The van der Waals surface area contributed by atoms with Gasteiger partial charge in [0.1, 0.15) is 11.3 Å². The van der Waals surface area contributed by atoms with Gasteiger partial charge < -0.3 is 9.84 Å². The van der Waals surface area contributed by atoms with Gasteiger partial charge in [-0.1, -0.05) is 36.4 Å². The monoisotopic (exact) mass is 488 g/mol. The van der Waals surface area contributed by atoms with Gasteiger partial charge in [0, 0.05) is 14.7 Å². The second kappa shape index (κ2) is 8.47. The molecule has 0 atom stereocenters. The third-order valence-electron chi connectivity index (χ3n) is 4.03. The van der Waals surface area contributed by atoms with Crippen LogP contribution in [0.3, 0.4) is 0 Å². The smallest absolute Gasteiger partial charge is 0.343 e. The molecular weight excluding hydrogens is 471 g/mol. The van der Waals surface area contributed by atoms with E-state index in [-0.39, 0.29) is 29.5 Å². The molecular formula is C21H17IN2O4. The van der Waals surface area contributed by atoms with Gasteiger partial charge in [0.2, 0.25) is 0 Å². The topological polar surface area (TPSA) is 88.3 Å². The first-order chi connectivity index (χ1) is 13.4. The lowest BCUT2D eigenvalue weighted by Gasteiger charge is -2.08. The molecule has 7 heteroatoms. The third-order valence-corrected chi connectivity index (χ3v) is 4.97. The summed E-state index contributed by atoms with van der Waals surface area (Å²) >= 11 is 2.08. The quantitative estimate of drug-likeness (QED) is 0.304. The van der Waals surface area contributed by atoms with E-state index in [1.807, 2.05) is 12.1 Å². The van der Waals surface area contributed by atoms with E-state index in [0.717, 1.165) is 3.57 Å². The Bertz CT molecular complexity index is 1050. The number of allylic oxidation sites excluding steroid dienone is 1. The fourth-order valence-corrected chi connectivity index (χ4v) is 3.41. The van der Waals surface area contributed by atoms with Crippen LogP contribution < -0.4 is 0 Å². The fourth-order valence-electron chi connectivity index (χ4n) is 2.80. The van der Waals surface area contributed by atoms with E-state index in [2.05, 4.69) is 32.6 Å². The molecule has 0 unspecified atom stereocenters. The van der Waals surface area contributed by atoms with Crippen LogP contribution in [0.4, 0.5) is 0 Å². The van der Waals surface area contributed by atoms with Gasteiger partial charge >= 0.3 is 5.97 Å². The van der Waals surface area contributed by atoms with Crippen molar-refractivity contribution in [2.75, 3.05) is 6.61 Å². The minimum Gasteiger partial charge on any atom is -0.512 e. The Kier molecular flexibility index (Phi) is 6.03. The molecule has 0 aliphatic carbocycles. The van der Waals surface area contributed by atoms with Crippen LogP contribution in [-0.2, 0) is 9.53 Å². The highest BCUT2D eigenvalue weighted by molar-refractivity contribution is 14.1. The summed E-state index contributed by atoms with van der Waals surface area (Å²) in [4.78, 5) is 33.6. The highest BCUT2D eigenvalue weighted by Crippen LogP contribution is 2.26. The van der Waals surface area contributed by atoms with Crippen molar-refractivity contribution >= 4 is 46.0 Å². The van der Waals surface area contributed by atoms with Crippen LogP contribution in [0, 0.1) is 3.57 Å². The summed E-state index contributed by atoms with van der Waals surface area (Å²) in [7, 11) is 0. The van der Waals surface area contributed by atoms with E-state index >= 15 is 0 Å². The summed E-state index contributed by atoms with van der Waals surface area (Å²) in [5, 5.41) is 10.1. The molecule has 1 aliphatic heterocycles. The molecule has 0 aromatic heterocycles. The summed E-state index contributed by atoms with van der Waals surface area (Å²) < 4.78 is 5.83. The SMILES string of the molecule is CCOC(=O)C(C1=NC(=NC(=O)c2ccccc2I)c2ccccc21)=C(C)O. The van der Waals surface area contributed by atoms with Crippen LogP contribution >= 0.6 is 22.6 Å². The van der Waals surface area contributed by atoms with Crippen molar-refractivity contribution in [2.45, 2.75) is 13.8 Å². The molecule has 0 saturated carbocycles. The molecule has 0 bridgehead atoms. The molecule has 2 aromatic carbocycles. The molecule has 1 amide bonds. The van der Waals surface area contributed by atoms with E-state index in [0.29, 0.717) is 16.7 Å². The van der Waals surface area contributed by atoms with E-state index < -0.39 is 11.9 Å². The van der Waals surface area contributed by atoms with Crippen LogP contribution in [0.1, 0.15) is 35.3 Å². The average Bonchev–Trinajstić information content (AvgIpc) is 3.00. The first-order valence-corrected chi connectivity index (χ1v) is 9.65. The van der Waals surface area contributed by atoms with Gasteiger partial charge in [-0.15, -0.1) is 0 Å². The minimum absolute atomic E-state index is 0.0405. The number of carbonyl (C=O) groups excluding carboxylic acids is 2. The molecule has 0 radical (unpaired) electrons. The first-order valence-electron chi connectivity index (χ1n) is 8.57. The number of nitrogens with zero attached hydrogens (tertiary/aromatic N) is 2. The molecule has 28 heavy (non-hydrogen) atoms. The lowest BCUT2D eigenvalue weighted by molar-refractivity contribution is -0.138. The Morgan fingerprint density at radius 3 is 2.39 bits per heavy atom. The van der Waals surface area contributed by atoms with Crippen LogP contribution in [0.15, 0.2) is 69.8 Å². The van der Waals surface area contributed by atoms with Crippen molar-refractivity contribution in [3.05, 3.63) is 80.1 Å². The normalized spacial score (nSPS) is 15.0. The Labute approximate surface area is 175 Å². The van der Waals surface area contributed by atoms with Gasteiger partial charge in [0.15, 0.2) is 5.84 Å². The number of esters is 1. The number of amidine groups is 1. The van der Waals surface area contributed by atoms with Gasteiger partial charge in [-0.3, -0.25) is 4.79 Å². The summed E-state index contributed by atoms with van der Waals surface area (Å²) in [5.74, 6) is -1.13. The zero-order valence-electron chi connectivity index (χ0n) is 15.3. The van der Waals surface area contributed by atoms with E-state index in [4.69, 9.17) is 4.74 Å². The Balaban J connectivity index is 2.11. The fraction of sp³-hybridized carbons (Fsp3) is 0.143. The zero-order chi connectivity index (χ0) is 20.3. The Morgan fingerprint density at radius 2 is 1.75 bits per heavy atom. The summed E-state index contributed by atoms with van der Waals surface area (Å²) in [6.07, 6.45) is 0. The third kappa shape index (κ3) is 3.89. The molecule has 0 spiro atoms.